The molecule has 4 rings (SSSR count). The van der Waals surface area contributed by atoms with Gasteiger partial charge in [-0.15, -0.1) is 0 Å². The molecule has 4 aliphatic rings. The van der Waals surface area contributed by atoms with Gasteiger partial charge in [-0.2, -0.15) is 0 Å². The van der Waals surface area contributed by atoms with Gasteiger partial charge in [0.1, 0.15) is 23.4 Å². The molecule has 0 aromatic rings. The highest BCUT2D eigenvalue weighted by Gasteiger charge is 2.81. The average Bonchev–Trinajstić information content (AvgIpc) is 2.64. The standard InChI is InChI=1S/C22H32O8/c1-10-7-12(28-5)17(25)19(2)11(10)8-13-20(3)16(19)15(24)18(29-6)21(4,26)22(20,27)9-14(23)30-13/h7,10-11,13,15-16,18,24,26-27H,8-9H2,1-6H3/t10-,11+,13-,15+,16-,18-,19+,20-,21-,22+/m1/s1. The Bertz CT molecular complexity index is 820. The number of hydrogen-bond acceptors (Lipinski definition) is 8. The number of fused-ring (bicyclic) bond motifs is 2. The van der Waals surface area contributed by atoms with Crippen LogP contribution in [0.1, 0.15) is 40.5 Å². The summed E-state index contributed by atoms with van der Waals surface area (Å²) in [5, 5.41) is 34.9. The van der Waals surface area contributed by atoms with Crippen molar-refractivity contribution in [2.45, 2.75) is 70.1 Å². The van der Waals surface area contributed by atoms with E-state index in [1.807, 2.05) is 6.92 Å². The first-order chi connectivity index (χ1) is 13.8. The van der Waals surface area contributed by atoms with E-state index in [1.54, 1.807) is 19.9 Å². The van der Waals surface area contributed by atoms with Gasteiger partial charge < -0.3 is 29.5 Å². The molecule has 30 heavy (non-hydrogen) atoms. The normalized spacial score (nSPS) is 55.2. The molecule has 2 saturated carbocycles. The third-order valence-electron chi connectivity index (χ3n) is 9.04. The smallest absolute Gasteiger partial charge is 0.309 e. The summed E-state index contributed by atoms with van der Waals surface area (Å²) in [6.07, 6.45) is -1.60. The number of allylic oxidation sites excluding steroid dienone is 2. The minimum Gasteiger partial charge on any atom is -0.493 e. The second-order valence-electron chi connectivity index (χ2n) is 10.1. The summed E-state index contributed by atoms with van der Waals surface area (Å²) >= 11 is 0. The van der Waals surface area contributed by atoms with Crippen molar-refractivity contribution in [1.82, 2.24) is 0 Å². The van der Waals surface area contributed by atoms with Crippen LogP contribution in [0.2, 0.25) is 0 Å². The number of esters is 1. The molecule has 3 aliphatic carbocycles. The molecular weight excluding hydrogens is 392 g/mol. The van der Waals surface area contributed by atoms with Crippen LogP contribution in [0.4, 0.5) is 0 Å². The van der Waals surface area contributed by atoms with Crippen LogP contribution in [0.25, 0.3) is 0 Å². The molecule has 8 nitrogen and oxygen atoms in total. The number of methoxy groups -OCH3 is 2. The van der Waals surface area contributed by atoms with Crippen molar-refractivity contribution in [1.29, 1.82) is 0 Å². The SMILES string of the molecule is COC1=C[C@@H](C)[C@@H]2C[C@H]3OC(=O)C[C@]4(O)[C@@]3(C)[C@H]([C@H](O)[C@@H](OC)[C@@]4(C)O)[C@@]2(C)C1=O. The fourth-order valence-corrected chi connectivity index (χ4v) is 7.54. The van der Waals surface area contributed by atoms with Gasteiger partial charge in [0, 0.05) is 23.9 Å². The molecule has 0 radical (unpaired) electrons. The molecule has 168 valence electrons. The number of carbonyl (C=O) groups excluding carboxylic acids is 2. The molecule has 1 aliphatic heterocycles. The summed E-state index contributed by atoms with van der Waals surface area (Å²) in [5.41, 5.74) is -6.31. The topological polar surface area (TPSA) is 123 Å². The van der Waals surface area contributed by atoms with Crippen molar-refractivity contribution in [2.24, 2.45) is 28.6 Å². The molecule has 0 bridgehead atoms. The maximum absolute atomic E-state index is 13.6. The fourth-order valence-electron chi connectivity index (χ4n) is 7.54. The lowest BCUT2D eigenvalue weighted by molar-refractivity contribution is -0.371. The Hall–Kier alpha value is -1.48. The zero-order valence-electron chi connectivity index (χ0n) is 18.3. The number of Topliss-reactive ketones (excluding diaryl/α,β-unsaturated/α-hetero) is 1. The predicted octanol–water partition coefficient (Wildman–Crippen LogP) is 0.571. The Morgan fingerprint density at radius 2 is 1.80 bits per heavy atom. The number of ether oxygens (including phenoxy) is 3. The van der Waals surface area contributed by atoms with Crippen molar-refractivity contribution in [3.05, 3.63) is 11.8 Å². The lowest BCUT2D eigenvalue weighted by atomic mass is 9.36. The van der Waals surface area contributed by atoms with E-state index in [0.717, 1.165) is 0 Å². The summed E-state index contributed by atoms with van der Waals surface area (Å²) in [6.45, 7) is 6.85. The quantitative estimate of drug-likeness (QED) is 0.550. The van der Waals surface area contributed by atoms with Gasteiger partial charge in [0.2, 0.25) is 5.78 Å². The van der Waals surface area contributed by atoms with Crippen LogP contribution in [-0.2, 0) is 23.8 Å². The second kappa shape index (κ2) is 6.28. The van der Waals surface area contributed by atoms with Crippen LogP contribution < -0.4 is 0 Å². The van der Waals surface area contributed by atoms with E-state index in [9.17, 15) is 24.9 Å². The summed E-state index contributed by atoms with van der Waals surface area (Å²) in [4.78, 5) is 26.2. The summed E-state index contributed by atoms with van der Waals surface area (Å²) < 4.78 is 16.6. The highest BCUT2D eigenvalue weighted by molar-refractivity contribution is 6.00. The molecule has 1 saturated heterocycles. The zero-order chi connectivity index (χ0) is 22.4. The van der Waals surface area contributed by atoms with Gasteiger partial charge in [0.15, 0.2) is 5.76 Å². The average molecular weight is 424 g/mol. The van der Waals surface area contributed by atoms with Crippen molar-refractivity contribution in [3.63, 3.8) is 0 Å². The number of aliphatic hydroxyl groups excluding tert-OH is 1. The Morgan fingerprint density at radius 3 is 2.37 bits per heavy atom. The number of hydrogen-bond donors (Lipinski definition) is 3. The first kappa shape index (κ1) is 21.7. The van der Waals surface area contributed by atoms with Gasteiger partial charge in [0.05, 0.1) is 19.6 Å². The monoisotopic (exact) mass is 424 g/mol. The van der Waals surface area contributed by atoms with Crippen LogP contribution in [0.5, 0.6) is 0 Å². The summed E-state index contributed by atoms with van der Waals surface area (Å²) in [5.74, 6) is -1.83. The highest BCUT2D eigenvalue weighted by atomic mass is 16.6. The first-order valence-electron chi connectivity index (χ1n) is 10.5. The highest BCUT2D eigenvalue weighted by Crippen LogP contribution is 2.70. The number of ketones is 1. The molecule has 10 atom stereocenters. The number of carbonyl (C=O) groups is 2. The molecule has 3 fully saturated rings. The van der Waals surface area contributed by atoms with E-state index in [4.69, 9.17) is 14.2 Å². The second-order valence-corrected chi connectivity index (χ2v) is 10.1. The van der Waals surface area contributed by atoms with Gasteiger partial charge in [0.25, 0.3) is 0 Å². The predicted molar refractivity (Wildman–Crippen MR) is 104 cm³/mol. The van der Waals surface area contributed by atoms with E-state index in [1.165, 1.54) is 21.1 Å². The first-order valence-corrected chi connectivity index (χ1v) is 10.5. The van der Waals surface area contributed by atoms with Crippen LogP contribution >= 0.6 is 0 Å². The maximum atomic E-state index is 13.6. The Kier molecular flexibility index (Phi) is 4.55. The maximum Gasteiger partial charge on any atom is 0.309 e. The van der Waals surface area contributed by atoms with Gasteiger partial charge in [-0.1, -0.05) is 20.8 Å². The molecule has 0 amide bonds. The van der Waals surface area contributed by atoms with Gasteiger partial charge in [-0.05, 0) is 31.3 Å². The lowest BCUT2D eigenvalue weighted by Gasteiger charge is -2.72. The minimum absolute atomic E-state index is 0.0865. The molecule has 3 N–H and O–H groups in total. The molecule has 0 unspecified atom stereocenters. The number of rotatable bonds is 2. The molecular formula is C22H32O8. The minimum atomic E-state index is -1.96. The van der Waals surface area contributed by atoms with E-state index >= 15 is 0 Å². The van der Waals surface area contributed by atoms with Gasteiger partial charge in [-0.3, -0.25) is 9.59 Å². The lowest BCUT2D eigenvalue weighted by Crippen LogP contribution is -2.85. The van der Waals surface area contributed by atoms with Gasteiger partial charge in [-0.25, -0.2) is 0 Å². The van der Waals surface area contributed by atoms with Gasteiger partial charge >= 0.3 is 5.97 Å². The largest absolute Gasteiger partial charge is 0.493 e. The molecule has 0 aromatic heterocycles. The fraction of sp³-hybridized carbons (Fsp3) is 0.818. The molecule has 0 aromatic carbocycles. The molecule has 8 heteroatoms. The number of aliphatic hydroxyl groups is 3. The van der Waals surface area contributed by atoms with E-state index < -0.39 is 58.7 Å². The Balaban J connectivity index is 2.01. The zero-order valence-corrected chi connectivity index (χ0v) is 18.3. The van der Waals surface area contributed by atoms with E-state index in [2.05, 4.69) is 0 Å². The van der Waals surface area contributed by atoms with Crippen LogP contribution in [0, 0.1) is 28.6 Å². The van der Waals surface area contributed by atoms with Crippen LogP contribution in [0.15, 0.2) is 11.8 Å². The molecule has 0 spiro atoms. The molecule has 1 heterocycles. The van der Waals surface area contributed by atoms with Crippen LogP contribution in [-0.4, -0.2) is 70.8 Å². The van der Waals surface area contributed by atoms with Crippen molar-refractivity contribution >= 4 is 11.8 Å². The van der Waals surface area contributed by atoms with Crippen molar-refractivity contribution in [2.75, 3.05) is 14.2 Å². The summed E-state index contributed by atoms with van der Waals surface area (Å²) in [7, 11) is 2.77. The third-order valence-corrected chi connectivity index (χ3v) is 9.04. The van der Waals surface area contributed by atoms with Crippen molar-refractivity contribution < 1.29 is 39.1 Å². The third kappa shape index (κ3) is 2.16. The van der Waals surface area contributed by atoms with Crippen molar-refractivity contribution in [3.8, 4) is 0 Å². The van der Waals surface area contributed by atoms with E-state index in [-0.39, 0.29) is 23.4 Å². The summed E-state index contributed by atoms with van der Waals surface area (Å²) in [6, 6.07) is 0. The Morgan fingerprint density at radius 1 is 1.17 bits per heavy atom. The Labute approximate surface area is 176 Å². The van der Waals surface area contributed by atoms with Crippen LogP contribution in [0.3, 0.4) is 0 Å². The van der Waals surface area contributed by atoms with E-state index in [0.29, 0.717) is 6.42 Å².